The number of para-hydroxylation sites is 1. The molecule has 8 heteroatoms. The lowest BCUT2D eigenvalue weighted by molar-refractivity contribution is -0.130. The number of nitrogens with one attached hydrogen (secondary N) is 1. The molecule has 0 bridgehead atoms. The van der Waals surface area contributed by atoms with E-state index in [1.807, 2.05) is 41.9 Å². The molecule has 2 aromatic carbocycles. The number of rotatable bonds is 8. The van der Waals surface area contributed by atoms with E-state index in [0.717, 1.165) is 24.4 Å². The second-order valence-corrected chi connectivity index (χ2v) is 8.80. The highest BCUT2D eigenvalue weighted by Crippen LogP contribution is 2.25. The van der Waals surface area contributed by atoms with Crippen LogP contribution in [0.3, 0.4) is 0 Å². The van der Waals surface area contributed by atoms with Crippen LogP contribution in [0.1, 0.15) is 31.2 Å². The summed E-state index contributed by atoms with van der Waals surface area (Å²) in [6.45, 7) is 3.23. The van der Waals surface area contributed by atoms with Crippen molar-refractivity contribution >= 4 is 23.8 Å². The molecule has 174 valence electrons. The molecule has 1 aliphatic heterocycles. The monoisotopic (exact) mass is 465 g/mol. The van der Waals surface area contributed by atoms with Gasteiger partial charge in [0, 0.05) is 50.9 Å². The van der Waals surface area contributed by atoms with Crippen molar-refractivity contribution < 1.29 is 9.53 Å². The van der Waals surface area contributed by atoms with Crippen LogP contribution in [0.4, 0.5) is 5.69 Å². The summed E-state index contributed by atoms with van der Waals surface area (Å²) in [6.07, 6.45) is 4.10. The zero-order chi connectivity index (χ0) is 23.2. The Morgan fingerprint density at radius 2 is 1.85 bits per heavy atom. The predicted molar refractivity (Wildman–Crippen MR) is 133 cm³/mol. The van der Waals surface area contributed by atoms with E-state index in [4.69, 9.17) is 17.0 Å². The standard InChI is InChI=1S/C25H31N5O2S/c1-28(18-20-8-4-5-9-22(20)29-15-6-3-7-16-29)23(31)14-17-30-24(26-27-25(30)33)19-10-12-21(32-2)13-11-19/h4-5,8-13H,3,6-7,14-18H2,1-2H3,(H,27,33). The van der Waals surface area contributed by atoms with Gasteiger partial charge in [0.2, 0.25) is 5.91 Å². The third-order valence-electron chi connectivity index (χ3n) is 6.18. The van der Waals surface area contributed by atoms with Gasteiger partial charge in [0.1, 0.15) is 5.75 Å². The Bertz CT molecular complexity index is 1130. The summed E-state index contributed by atoms with van der Waals surface area (Å²) in [5.74, 6) is 1.57. The van der Waals surface area contributed by atoms with Gasteiger partial charge in [-0.15, -0.1) is 0 Å². The number of methoxy groups -OCH3 is 1. The van der Waals surface area contributed by atoms with Gasteiger partial charge < -0.3 is 14.5 Å². The van der Waals surface area contributed by atoms with Crippen LogP contribution in [-0.4, -0.2) is 52.8 Å². The maximum absolute atomic E-state index is 13.0. The van der Waals surface area contributed by atoms with Crippen molar-refractivity contribution in [1.82, 2.24) is 19.7 Å². The fourth-order valence-corrected chi connectivity index (χ4v) is 4.54. The van der Waals surface area contributed by atoms with Crippen LogP contribution in [0.2, 0.25) is 0 Å². The molecule has 1 N–H and O–H groups in total. The van der Waals surface area contributed by atoms with E-state index in [1.54, 1.807) is 12.0 Å². The van der Waals surface area contributed by atoms with Gasteiger partial charge in [-0.1, -0.05) is 18.2 Å². The molecule has 0 radical (unpaired) electrons. The largest absolute Gasteiger partial charge is 0.497 e. The zero-order valence-corrected chi connectivity index (χ0v) is 20.1. The summed E-state index contributed by atoms with van der Waals surface area (Å²) in [4.78, 5) is 17.2. The molecule has 1 saturated heterocycles. The Morgan fingerprint density at radius 1 is 1.12 bits per heavy atom. The highest BCUT2D eigenvalue weighted by molar-refractivity contribution is 7.71. The van der Waals surface area contributed by atoms with Gasteiger partial charge in [0.25, 0.3) is 0 Å². The van der Waals surface area contributed by atoms with Gasteiger partial charge in [-0.05, 0) is 67.4 Å². The van der Waals surface area contributed by atoms with Crippen molar-refractivity contribution in [2.75, 3.05) is 32.1 Å². The van der Waals surface area contributed by atoms with Gasteiger partial charge in [-0.2, -0.15) is 5.10 Å². The first kappa shape index (κ1) is 23.0. The van der Waals surface area contributed by atoms with E-state index < -0.39 is 0 Å². The van der Waals surface area contributed by atoms with Gasteiger partial charge >= 0.3 is 0 Å². The summed E-state index contributed by atoms with van der Waals surface area (Å²) in [7, 11) is 3.51. The van der Waals surface area contributed by atoms with Crippen molar-refractivity contribution in [3.63, 3.8) is 0 Å². The molecule has 3 aromatic rings. The third kappa shape index (κ3) is 5.45. The topological polar surface area (TPSA) is 66.4 Å². The van der Waals surface area contributed by atoms with Crippen molar-refractivity contribution in [1.29, 1.82) is 0 Å². The van der Waals surface area contributed by atoms with Gasteiger partial charge in [-0.25, -0.2) is 0 Å². The van der Waals surface area contributed by atoms with E-state index >= 15 is 0 Å². The maximum atomic E-state index is 13.0. The molecule has 0 atom stereocenters. The fourth-order valence-electron chi connectivity index (χ4n) is 4.32. The number of carbonyl (C=O) groups excluding carboxylic acids is 1. The molecule has 1 amide bonds. The van der Waals surface area contributed by atoms with Gasteiger partial charge in [0.15, 0.2) is 10.6 Å². The summed E-state index contributed by atoms with van der Waals surface area (Å²) in [5.41, 5.74) is 3.35. The number of hydrogen-bond acceptors (Lipinski definition) is 5. The Morgan fingerprint density at radius 3 is 2.58 bits per heavy atom. The number of anilines is 1. The van der Waals surface area contributed by atoms with E-state index in [0.29, 0.717) is 30.1 Å². The first-order chi connectivity index (χ1) is 16.1. The number of ether oxygens (including phenoxy) is 1. The molecule has 0 spiro atoms. The Hall–Kier alpha value is -3.13. The van der Waals surface area contributed by atoms with Crippen molar-refractivity contribution in [2.45, 2.75) is 38.8 Å². The molecule has 7 nitrogen and oxygen atoms in total. The van der Waals surface area contributed by atoms with E-state index in [2.05, 4.69) is 33.3 Å². The number of benzene rings is 2. The van der Waals surface area contributed by atoms with E-state index in [9.17, 15) is 4.79 Å². The quantitative estimate of drug-likeness (QED) is 0.491. The molecule has 1 aliphatic rings. The lowest BCUT2D eigenvalue weighted by Gasteiger charge is -2.31. The minimum atomic E-state index is 0.0761. The summed E-state index contributed by atoms with van der Waals surface area (Å²) in [6, 6.07) is 16.1. The minimum Gasteiger partial charge on any atom is -0.497 e. The SMILES string of the molecule is COc1ccc(-c2n[nH]c(=S)n2CCC(=O)N(C)Cc2ccccc2N2CCCCC2)cc1. The smallest absolute Gasteiger partial charge is 0.224 e. The zero-order valence-electron chi connectivity index (χ0n) is 19.3. The van der Waals surface area contributed by atoms with Gasteiger partial charge in [-0.3, -0.25) is 14.5 Å². The molecular formula is C25H31N5O2S. The Kier molecular flexibility index (Phi) is 7.44. The number of amides is 1. The number of aromatic amines is 1. The van der Waals surface area contributed by atoms with Crippen LogP contribution >= 0.6 is 12.2 Å². The van der Waals surface area contributed by atoms with Crippen LogP contribution in [0.15, 0.2) is 48.5 Å². The minimum absolute atomic E-state index is 0.0761. The van der Waals surface area contributed by atoms with E-state index in [-0.39, 0.29) is 5.91 Å². The fraction of sp³-hybridized carbons (Fsp3) is 0.400. The molecule has 0 unspecified atom stereocenters. The number of H-pyrrole nitrogens is 1. The molecule has 0 aliphatic carbocycles. The average Bonchev–Trinajstić information content (AvgIpc) is 3.23. The summed E-state index contributed by atoms with van der Waals surface area (Å²) in [5, 5.41) is 7.22. The highest BCUT2D eigenvalue weighted by atomic mass is 32.1. The number of hydrogen-bond donors (Lipinski definition) is 1. The second kappa shape index (κ2) is 10.7. The normalized spacial score (nSPS) is 13.7. The highest BCUT2D eigenvalue weighted by Gasteiger charge is 2.18. The van der Waals surface area contributed by atoms with Crippen LogP contribution in [0, 0.1) is 4.77 Å². The number of carbonyl (C=O) groups is 1. The first-order valence-electron chi connectivity index (χ1n) is 11.4. The summed E-state index contributed by atoms with van der Waals surface area (Å²) >= 11 is 5.42. The Labute approximate surface area is 200 Å². The van der Waals surface area contributed by atoms with Crippen molar-refractivity contribution in [3.05, 3.63) is 58.9 Å². The molecule has 0 saturated carbocycles. The lowest BCUT2D eigenvalue weighted by atomic mass is 10.1. The molecule has 33 heavy (non-hydrogen) atoms. The maximum Gasteiger partial charge on any atom is 0.224 e. The summed E-state index contributed by atoms with van der Waals surface area (Å²) < 4.78 is 7.62. The number of piperidine rings is 1. The molecule has 1 aromatic heterocycles. The van der Waals surface area contributed by atoms with E-state index in [1.165, 1.54) is 30.5 Å². The molecular weight excluding hydrogens is 434 g/mol. The van der Waals surface area contributed by atoms with Crippen molar-refractivity contribution in [3.8, 4) is 17.1 Å². The van der Waals surface area contributed by atoms with Crippen LogP contribution in [0.25, 0.3) is 11.4 Å². The van der Waals surface area contributed by atoms with Crippen LogP contribution < -0.4 is 9.64 Å². The molecule has 1 fully saturated rings. The Balaban J connectivity index is 1.42. The first-order valence-corrected chi connectivity index (χ1v) is 11.8. The lowest BCUT2D eigenvalue weighted by Crippen LogP contribution is -2.32. The number of aromatic nitrogens is 3. The van der Waals surface area contributed by atoms with Gasteiger partial charge in [0.05, 0.1) is 7.11 Å². The average molecular weight is 466 g/mol. The number of nitrogens with zero attached hydrogens (tertiary/aromatic N) is 4. The second-order valence-electron chi connectivity index (χ2n) is 8.41. The third-order valence-corrected chi connectivity index (χ3v) is 6.49. The van der Waals surface area contributed by atoms with Crippen molar-refractivity contribution in [2.24, 2.45) is 0 Å². The molecule has 2 heterocycles. The van der Waals surface area contributed by atoms with Crippen LogP contribution in [-0.2, 0) is 17.9 Å². The van der Waals surface area contributed by atoms with Crippen LogP contribution in [0.5, 0.6) is 5.75 Å². The predicted octanol–water partition coefficient (Wildman–Crippen LogP) is 4.66. The molecule has 4 rings (SSSR count).